The number of aromatic nitrogens is 4. The molecule has 0 spiro atoms. The second-order valence-corrected chi connectivity index (χ2v) is 10.9. The second-order valence-electron chi connectivity index (χ2n) is 8.49. The molecule has 2 atom stereocenters. The third kappa shape index (κ3) is 4.27. The zero-order valence-electron chi connectivity index (χ0n) is 19.2. The van der Waals surface area contributed by atoms with E-state index in [1.54, 1.807) is 13.8 Å². The van der Waals surface area contributed by atoms with Crippen LogP contribution in [0.15, 0.2) is 29.4 Å². The average molecular weight is 496 g/mol. The first kappa shape index (κ1) is 22.8. The number of hydrogen-bond donors (Lipinski definition) is 2. The first-order valence-corrected chi connectivity index (χ1v) is 13.0. The summed E-state index contributed by atoms with van der Waals surface area (Å²) in [5.41, 5.74) is 3.81. The van der Waals surface area contributed by atoms with Gasteiger partial charge in [0.25, 0.3) is 0 Å². The van der Waals surface area contributed by atoms with Crippen molar-refractivity contribution in [3.8, 4) is 0 Å². The molecule has 0 saturated carbocycles. The molecule has 1 aliphatic rings. The minimum Gasteiger partial charge on any atom is -0.462 e. The number of H-pyrrole nitrogens is 1. The number of aromatic amines is 1. The van der Waals surface area contributed by atoms with Crippen LogP contribution in [0.3, 0.4) is 0 Å². The molecule has 0 aliphatic heterocycles. The molecule has 10 heteroatoms. The summed E-state index contributed by atoms with van der Waals surface area (Å²) in [6, 6.07) is 7.82. The van der Waals surface area contributed by atoms with Crippen molar-refractivity contribution >= 4 is 62.0 Å². The molecule has 1 aromatic carbocycles. The molecule has 0 fully saturated rings. The van der Waals surface area contributed by atoms with Gasteiger partial charge in [0, 0.05) is 15.8 Å². The van der Waals surface area contributed by atoms with Gasteiger partial charge in [0.2, 0.25) is 11.1 Å². The minimum absolute atomic E-state index is 0.220. The Hall–Kier alpha value is -2.98. The van der Waals surface area contributed by atoms with E-state index in [0.29, 0.717) is 39.4 Å². The molecule has 1 amide bonds. The zero-order valence-corrected chi connectivity index (χ0v) is 20.8. The van der Waals surface area contributed by atoms with E-state index in [-0.39, 0.29) is 11.9 Å². The van der Waals surface area contributed by atoms with Crippen LogP contribution in [-0.4, -0.2) is 43.9 Å². The number of thiophene rings is 1. The number of nitrogens with zero attached hydrogens (tertiary/aromatic N) is 3. The fourth-order valence-corrected chi connectivity index (χ4v) is 6.35. The third-order valence-corrected chi connectivity index (χ3v) is 8.10. The summed E-state index contributed by atoms with van der Waals surface area (Å²) in [5, 5.41) is 13.0. The number of benzene rings is 1. The summed E-state index contributed by atoms with van der Waals surface area (Å²) in [5.74, 6) is -0.0343. The molecule has 2 N–H and O–H groups in total. The van der Waals surface area contributed by atoms with Crippen LogP contribution in [0.4, 0.5) is 5.00 Å². The van der Waals surface area contributed by atoms with Crippen molar-refractivity contribution in [1.29, 1.82) is 0 Å². The number of thioether (sulfide) groups is 1. The lowest BCUT2D eigenvalue weighted by molar-refractivity contribution is -0.115. The van der Waals surface area contributed by atoms with E-state index in [1.165, 1.54) is 23.1 Å². The van der Waals surface area contributed by atoms with E-state index in [4.69, 9.17) is 4.74 Å². The fraction of sp³-hybridized carbons (Fsp3) is 0.375. The molecule has 0 bridgehead atoms. The van der Waals surface area contributed by atoms with Gasteiger partial charge in [-0.3, -0.25) is 4.79 Å². The maximum Gasteiger partial charge on any atom is 0.341 e. The number of nitrogens with one attached hydrogen (secondary N) is 2. The van der Waals surface area contributed by atoms with Crippen molar-refractivity contribution in [2.75, 3.05) is 11.9 Å². The summed E-state index contributed by atoms with van der Waals surface area (Å²) in [6.45, 7) is 6.08. The van der Waals surface area contributed by atoms with E-state index in [2.05, 4.69) is 32.4 Å². The molecular formula is C24H25N5O3S2. The van der Waals surface area contributed by atoms with Crippen molar-refractivity contribution in [3.05, 3.63) is 40.3 Å². The standard InChI is InChI=1S/C24H25N5O3S2/c1-4-32-23(31)18-15-10-9-12(2)11-17(15)34-22(18)27-21(30)13(3)33-24-26-20-19(28-29-24)14-7-5-6-8-16(14)25-20/h5-8,12-13H,4,9-11H2,1-3H3,(H,27,30)(H,25,26,29). The van der Waals surface area contributed by atoms with Gasteiger partial charge in [0.05, 0.1) is 17.4 Å². The maximum absolute atomic E-state index is 13.1. The summed E-state index contributed by atoms with van der Waals surface area (Å²) in [4.78, 5) is 34.8. The SMILES string of the molecule is CCOC(=O)c1c(NC(=O)C(C)Sc2nnc3c(n2)[nH]c2ccccc23)sc2c1CCC(C)C2. The number of para-hydroxylation sites is 1. The van der Waals surface area contributed by atoms with Crippen LogP contribution < -0.4 is 5.32 Å². The lowest BCUT2D eigenvalue weighted by Gasteiger charge is -2.18. The highest BCUT2D eigenvalue weighted by Gasteiger charge is 2.30. The van der Waals surface area contributed by atoms with Gasteiger partial charge in [0.1, 0.15) is 10.5 Å². The van der Waals surface area contributed by atoms with Crippen molar-refractivity contribution in [3.63, 3.8) is 0 Å². The monoisotopic (exact) mass is 495 g/mol. The molecule has 3 heterocycles. The van der Waals surface area contributed by atoms with Crippen LogP contribution in [-0.2, 0) is 22.4 Å². The fourth-order valence-electron chi connectivity index (χ4n) is 4.24. The van der Waals surface area contributed by atoms with Gasteiger partial charge in [-0.05, 0) is 50.7 Å². The average Bonchev–Trinajstić information content (AvgIpc) is 3.35. The number of rotatable bonds is 6. The smallest absolute Gasteiger partial charge is 0.341 e. The van der Waals surface area contributed by atoms with Crippen LogP contribution in [0.1, 0.15) is 48.0 Å². The molecule has 5 rings (SSSR count). The molecule has 4 aromatic rings. The molecule has 8 nitrogen and oxygen atoms in total. The molecule has 0 saturated heterocycles. The summed E-state index contributed by atoms with van der Waals surface area (Å²) in [6.07, 6.45) is 2.76. The molecule has 0 radical (unpaired) electrons. The van der Waals surface area contributed by atoms with Gasteiger partial charge in [-0.2, -0.15) is 0 Å². The Kier molecular flexibility index (Phi) is 6.26. The lowest BCUT2D eigenvalue weighted by Crippen LogP contribution is -2.23. The Morgan fingerprint density at radius 1 is 1.32 bits per heavy atom. The topological polar surface area (TPSA) is 110 Å². The largest absolute Gasteiger partial charge is 0.462 e. The van der Waals surface area contributed by atoms with Crippen molar-refractivity contribution in [1.82, 2.24) is 20.2 Å². The highest BCUT2D eigenvalue weighted by Crippen LogP contribution is 2.40. The highest BCUT2D eigenvalue weighted by molar-refractivity contribution is 8.00. The predicted octanol–water partition coefficient (Wildman–Crippen LogP) is 4.99. The van der Waals surface area contributed by atoms with Crippen LogP contribution in [0.2, 0.25) is 0 Å². The Bertz CT molecular complexity index is 1400. The van der Waals surface area contributed by atoms with Crippen LogP contribution in [0.25, 0.3) is 22.1 Å². The maximum atomic E-state index is 13.1. The molecular weight excluding hydrogens is 470 g/mol. The third-order valence-electron chi connectivity index (χ3n) is 5.98. The summed E-state index contributed by atoms with van der Waals surface area (Å²) >= 11 is 2.71. The van der Waals surface area contributed by atoms with E-state index < -0.39 is 5.25 Å². The number of anilines is 1. The van der Waals surface area contributed by atoms with Gasteiger partial charge in [-0.25, -0.2) is 9.78 Å². The van der Waals surface area contributed by atoms with Gasteiger partial charge < -0.3 is 15.0 Å². The number of carbonyl (C=O) groups excluding carboxylic acids is 2. The van der Waals surface area contributed by atoms with Crippen LogP contribution >= 0.6 is 23.1 Å². The first-order valence-electron chi connectivity index (χ1n) is 11.3. The number of amides is 1. The van der Waals surface area contributed by atoms with Crippen molar-refractivity contribution < 1.29 is 14.3 Å². The quantitative estimate of drug-likeness (QED) is 0.286. The van der Waals surface area contributed by atoms with Gasteiger partial charge >= 0.3 is 5.97 Å². The zero-order chi connectivity index (χ0) is 23.8. The van der Waals surface area contributed by atoms with Crippen LogP contribution in [0.5, 0.6) is 0 Å². The molecule has 34 heavy (non-hydrogen) atoms. The summed E-state index contributed by atoms with van der Waals surface area (Å²) in [7, 11) is 0. The number of ether oxygens (including phenoxy) is 1. The molecule has 1 aliphatic carbocycles. The highest BCUT2D eigenvalue weighted by atomic mass is 32.2. The van der Waals surface area contributed by atoms with Gasteiger partial charge in [-0.1, -0.05) is 36.9 Å². The van der Waals surface area contributed by atoms with E-state index in [1.807, 2.05) is 24.3 Å². The second kappa shape index (κ2) is 9.34. The van der Waals surface area contributed by atoms with Gasteiger partial charge in [0.15, 0.2) is 5.65 Å². The lowest BCUT2D eigenvalue weighted by atomic mass is 9.88. The molecule has 3 aromatic heterocycles. The Morgan fingerprint density at radius 3 is 2.97 bits per heavy atom. The molecule has 2 unspecified atom stereocenters. The summed E-state index contributed by atoms with van der Waals surface area (Å²) < 4.78 is 5.30. The number of carbonyl (C=O) groups is 2. The van der Waals surface area contributed by atoms with E-state index >= 15 is 0 Å². The van der Waals surface area contributed by atoms with Crippen molar-refractivity contribution in [2.45, 2.75) is 50.4 Å². The number of fused-ring (bicyclic) bond motifs is 4. The normalized spacial score (nSPS) is 16.4. The first-order chi connectivity index (χ1) is 16.4. The van der Waals surface area contributed by atoms with Gasteiger partial charge in [-0.15, -0.1) is 21.5 Å². The number of esters is 1. The Labute approximate surface area is 204 Å². The Morgan fingerprint density at radius 2 is 2.15 bits per heavy atom. The van der Waals surface area contributed by atoms with Crippen molar-refractivity contribution in [2.24, 2.45) is 5.92 Å². The Balaban J connectivity index is 1.36. The molecule has 176 valence electrons. The van der Waals surface area contributed by atoms with E-state index in [0.717, 1.165) is 40.6 Å². The minimum atomic E-state index is -0.489. The van der Waals surface area contributed by atoms with E-state index in [9.17, 15) is 9.59 Å². The predicted molar refractivity (Wildman–Crippen MR) is 135 cm³/mol. The van der Waals surface area contributed by atoms with Crippen LogP contribution in [0, 0.1) is 5.92 Å². The number of hydrogen-bond acceptors (Lipinski definition) is 8.